The first-order chi connectivity index (χ1) is 6.56. The molecule has 0 bridgehead atoms. The molecule has 1 rings (SSSR count). The number of hydrogen-bond acceptors (Lipinski definition) is 2. The van der Waals surface area contributed by atoms with E-state index in [2.05, 4.69) is 32.7 Å². The molecule has 0 aromatic rings. The minimum absolute atomic E-state index is 0.270. The van der Waals surface area contributed by atoms with Gasteiger partial charge < -0.3 is 5.73 Å². The summed E-state index contributed by atoms with van der Waals surface area (Å²) in [6, 6.07) is 0. The second kappa shape index (κ2) is 4.63. The number of nitrogens with zero attached hydrogens (tertiary/aromatic N) is 1. The normalized spacial score (nSPS) is 39.0. The first kappa shape index (κ1) is 12.0. The summed E-state index contributed by atoms with van der Waals surface area (Å²) < 4.78 is 0. The van der Waals surface area contributed by atoms with Crippen LogP contribution in [0, 0.1) is 11.8 Å². The van der Waals surface area contributed by atoms with Crippen LogP contribution in [-0.2, 0) is 0 Å². The van der Waals surface area contributed by atoms with Gasteiger partial charge in [-0.25, -0.2) is 0 Å². The molecule has 1 aliphatic rings. The van der Waals surface area contributed by atoms with Crippen molar-refractivity contribution >= 4 is 0 Å². The van der Waals surface area contributed by atoms with Crippen molar-refractivity contribution in [1.82, 2.24) is 4.90 Å². The van der Waals surface area contributed by atoms with Crippen LogP contribution >= 0.6 is 0 Å². The van der Waals surface area contributed by atoms with Crippen molar-refractivity contribution in [3.63, 3.8) is 0 Å². The highest BCUT2D eigenvalue weighted by Crippen LogP contribution is 2.39. The quantitative estimate of drug-likeness (QED) is 0.752. The van der Waals surface area contributed by atoms with Gasteiger partial charge in [0.05, 0.1) is 0 Å². The minimum atomic E-state index is 0.270. The van der Waals surface area contributed by atoms with E-state index in [1.165, 1.54) is 19.3 Å². The zero-order valence-electron chi connectivity index (χ0n) is 10.2. The topological polar surface area (TPSA) is 29.3 Å². The van der Waals surface area contributed by atoms with Crippen LogP contribution in [0.25, 0.3) is 0 Å². The fourth-order valence-corrected chi connectivity index (χ4v) is 3.00. The lowest BCUT2D eigenvalue weighted by molar-refractivity contribution is 0.0181. The third-order valence-corrected chi connectivity index (χ3v) is 4.30. The van der Waals surface area contributed by atoms with Crippen LogP contribution in [0.15, 0.2) is 0 Å². The molecule has 0 saturated heterocycles. The smallest absolute Gasteiger partial charge is 0.0356 e. The molecule has 0 aromatic heterocycles. The van der Waals surface area contributed by atoms with Gasteiger partial charge in [0.15, 0.2) is 0 Å². The number of likely N-dealkylation sites (N-methyl/N-ethyl adjacent to an activating group) is 1. The Morgan fingerprint density at radius 2 is 2.00 bits per heavy atom. The second-order valence-electron chi connectivity index (χ2n) is 5.11. The van der Waals surface area contributed by atoms with Gasteiger partial charge in [0.1, 0.15) is 0 Å². The molecule has 0 aromatic carbocycles. The molecule has 1 fully saturated rings. The standard InChI is InChI=1S/C12H26N2/c1-5-14(4)12(9-13)8-10(2)6-7-11(12)3/h10-11H,5-9,13H2,1-4H3. The molecule has 3 unspecified atom stereocenters. The predicted molar refractivity (Wildman–Crippen MR) is 62.3 cm³/mol. The highest BCUT2D eigenvalue weighted by molar-refractivity contribution is 4.98. The Hall–Kier alpha value is -0.0800. The van der Waals surface area contributed by atoms with Gasteiger partial charge in [0.2, 0.25) is 0 Å². The maximum absolute atomic E-state index is 6.03. The van der Waals surface area contributed by atoms with Gasteiger partial charge in [-0.3, -0.25) is 4.90 Å². The van der Waals surface area contributed by atoms with Gasteiger partial charge in [-0.2, -0.15) is 0 Å². The average molecular weight is 198 g/mol. The van der Waals surface area contributed by atoms with E-state index in [1.807, 2.05) is 0 Å². The zero-order chi connectivity index (χ0) is 10.8. The molecule has 0 amide bonds. The molecule has 0 spiro atoms. The van der Waals surface area contributed by atoms with Crippen molar-refractivity contribution in [3.8, 4) is 0 Å². The maximum Gasteiger partial charge on any atom is 0.0356 e. The van der Waals surface area contributed by atoms with E-state index in [0.29, 0.717) is 0 Å². The highest BCUT2D eigenvalue weighted by atomic mass is 15.2. The van der Waals surface area contributed by atoms with E-state index in [4.69, 9.17) is 5.73 Å². The fourth-order valence-electron chi connectivity index (χ4n) is 3.00. The summed E-state index contributed by atoms with van der Waals surface area (Å²) in [7, 11) is 2.22. The van der Waals surface area contributed by atoms with Crippen LogP contribution in [0.5, 0.6) is 0 Å². The monoisotopic (exact) mass is 198 g/mol. The Kier molecular flexibility index (Phi) is 3.96. The molecule has 3 atom stereocenters. The Balaban J connectivity index is 2.82. The summed E-state index contributed by atoms with van der Waals surface area (Å²) >= 11 is 0. The summed E-state index contributed by atoms with van der Waals surface area (Å²) in [6.45, 7) is 8.87. The van der Waals surface area contributed by atoms with Gasteiger partial charge in [-0.15, -0.1) is 0 Å². The largest absolute Gasteiger partial charge is 0.329 e. The van der Waals surface area contributed by atoms with E-state index >= 15 is 0 Å². The van der Waals surface area contributed by atoms with Gasteiger partial charge in [0, 0.05) is 12.1 Å². The van der Waals surface area contributed by atoms with Crippen LogP contribution in [-0.4, -0.2) is 30.6 Å². The van der Waals surface area contributed by atoms with Gasteiger partial charge in [-0.05, 0) is 38.3 Å². The third kappa shape index (κ3) is 1.96. The first-order valence-electron chi connectivity index (χ1n) is 5.98. The molecule has 84 valence electrons. The average Bonchev–Trinajstić information content (AvgIpc) is 2.20. The maximum atomic E-state index is 6.03. The molecule has 0 heterocycles. The van der Waals surface area contributed by atoms with Crippen LogP contribution in [0.4, 0.5) is 0 Å². The molecule has 1 saturated carbocycles. The molecule has 1 aliphatic carbocycles. The van der Waals surface area contributed by atoms with Crippen molar-refractivity contribution in [1.29, 1.82) is 0 Å². The van der Waals surface area contributed by atoms with Crippen molar-refractivity contribution in [2.45, 2.75) is 45.6 Å². The lowest BCUT2D eigenvalue weighted by atomic mass is 9.69. The molecular formula is C12H26N2. The molecule has 2 nitrogen and oxygen atoms in total. The Morgan fingerprint density at radius 1 is 1.36 bits per heavy atom. The van der Waals surface area contributed by atoms with Crippen molar-refractivity contribution in [2.24, 2.45) is 17.6 Å². The number of rotatable bonds is 3. The SMILES string of the molecule is CCN(C)C1(CN)CC(C)CCC1C. The molecule has 2 N–H and O–H groups in total. The molecular weight excluding hydrogens is 172 g/mol. The highest BCUT2D eigenvalue weighted by Gasteiger charge is 2.41. The van der Waals surface area contributed by atoms with Crippen LogP contribution < -0.4 is 5.73 Å². The lowest BCUT2D eigenvalue weighted by Crippen LogP contribution is -2.58. The van der Waals surface area contributed by atoms with Gasteiger partial charge in [-0.1, -0.05) is 27.2 Å². The van der Waals surface area contributed by atoms with Crippen LogP contribution in [0.3, 0.4) is 0 Å². The summed E-state index contributed by atoms with van der Waals surface area (Å²) in [5, 5.41) is 0. The first-order valence-corrected chi connectivity index (χ1v) is 5.98. The van der Waals surface area contributed by atoms with Crippen molar-refractivity contribution in [3.05, 3.63) is 0 Å². The van der Waals surface area contributed by atoms with Crippen molar-refractivity contribution < 1.29 is 0 Å². The summed E-state index contributed by atoms with van der Waals surface area (Å²) in [5.74, 6) is 1.58. The minimum Gasteiger partial charge on any atom is -0.329 e. The Labute approximate surface area is 88.8 Å². The summed E-state index contributed by atoms with van der Waals surface area (Å²) in [4.78, 5) is 2.47. The van der Waals surface area contributed by atoms with Crippen LogP contribution in [0.1, 0.15) is 40.0 Å². The Morgan fingerprint density at radius 3 is 2.50 bits per heavy atom. The Bertz CT molecular complexity index is 175. The fraction of sp³-hybridized carbons (Fsp3) is 1.00. The van der Waals surface area contributed by atoms with Gasteiger partial charge in [0.25, 0.3) is 0 Å². The van der Waals surface area contributed by atoms with Crippen molar-refractivity contribution in [2.75, 3.05) is 20.1 Å². The van der Waals surface area contributed by atoms with Crippen LogP contribution in [0.2, 0.25) is 0 Å². The molecule has 14 heavy (non-hydrogen) atoms. The zero-order valence-corrected chi connectivity index (χ0v) is 10.2. The van der Waals surface area contributed by atoms with E-state index in [9.17, 15) is 0 Å². The van der Waals surface area contributed by atoms with E-state index in [-0.39, 0.29) is 5.54 Å². The molecule has 2 heteroatoms. The number of nitrogens with two attached hydrogens (primary N) is 1. The van der Waals surface area contributed by atoms with E-state index in [1.54, 1.807) is 0 Å². The second-order valence-corrected chi connectivity index (χ2v) is 5.11. The summed E-state index contributed by atoms with van der Waals surface area (Å²) in [5.41, 5.74) is 6.30. The third-order valence-electron chi connectivity index (χ3n) is 4.30. The van der Waals surface area contributed by atoms with Gasteiger partial charge >= 0.3 is 0 Å². The number of hydrogen-bond donors (Lipinski definition) is 1. The van der Waals surface area contributed by atoms with E-state index in [0.717, 1.165) is 24.9 Å². The summed E-state index contributed by atoms with van der Waals surface area (Å²) in [6.07, 6.45) is 3.98. The molecule has 0 aliphatic heterocycles. The lowest BCUT2D eigenvalue weighted by Gasteiger charge is -2.50. The predicted octanol–water partition coefficient (Wildman–Crippen LogP) is 2.09. The van der Waals surface area contributed by atoms with E-state index < -0.39 is 0 Å². The molecule has 0 radical (unpaired) electrons.